The van der Waals surface area contributed by atoms with Crippen molar-refractivity contribution in [3.8, 4) is 5.75 Å². The Bertz CT molecular complexity index is 1130. The van der Waals surface area contributed by atoms with Crippen LogP contribution in [-0.2, 0) is 26.0 Å². The van der Waals surface area contributed by atoms with Crippen LogP contribution < -0.4 is 10.1 Å². The first-order chi connectivity index (χ1) is 18.5. The molecule has 39 heavy (non-hydrogen) atoms. The molecular weight excluding hydrogens is 520 g/mol. The van der Waals surface area contributed by atoms with E-state index in [4.69, 9.17) is 14.3 Å². The third-order valence-electron chi connectivity index (χ3n) is 6.61. The summed E-state index contributed by atoms with van der Waals surface area (Å²) in [4.78, 5) is 18.6. The SMILES string of the molecule is COc1ccc(S(=O)(=O)N(C[C@H](O)[C@H](Cc2ccccc2)NC(=O)OC(C)(C)C)OCC2CCCCC2)cc1. The predicted molar refractivity (Wildman–Crippen MR) is 149 cm³/mol. The van der Waals surface area contributed by atoms with E-state index in [0.29, 0.717) is 5.75 Å². The molecule has 2 aromatic carbocycles. The van der Waals surface area contributed by atoms with Crippen LogP contribution in [0.1, 0.15) is 58.4 Å². The molecule has 10 heteroatoms. The molecule has 2 N–H and O–H groups in total. The van der Waals surface area contributed by atoms with Crippen molar-refractivity contribution in [2.75, 3.05) is 20.3 Å². The van der Waals surface area contributed by atoms with Gasteiger partial charge in [0, 0.05) is 0 Å². The second kappa shape index (κ2) is 14.1. The monoisotopic (exact) mass is 562 g/mol. The minimum atomic E-state index is -4.13. The number of benzene rings is 2. The third-order valence-corrected chi connectivity index (χ3v) is 8.26. The van der Waals surface area contributed by atoms with Crippen LogP contribution in [0.2, 0.25) is 0 Å². The van der Waals surface area contributed by atoms with Gasteiger partial charge in [0.15, 0.2) is 0 Å². The van der Waals surface area contributed by atoms with Crippen LogP contribution in [0.5, 0.6) is 5.75 Å². The molecule has 0 spiro atoms. The molecule has 0 aliphatic heterocycles. The molecule has 1 fully saturated rings. The van der Waals surface area contributed by atoms with Crippen LogP contribution in [0.3, 0.4) is 0 Å². The van der Waals surface area contributed by atoms with Gasteiger partial charge in [-0.2, -0.15) is 0 Å². The number of ether oxygens (including phenoxy) is 2. The number of rotatable bonds is 12. The molecular formula is C29H42N2O7S. The van der Waals surface area contributed by atoms with Gasteiger partial charge in [-0.25, -0.2) is 13.2 Å². The molecule has 2 atom stereocenters. The fraction of sp³-hybridized carbons (Fsp3) is 0.552. The van der Waals surface area contributed by atoms with Gasteiger partial charge in [-0.15, -0.1) is 0 Å². The summed E-state index contributed by atoms with van der Waals surface area (Å²) in [5.74, 6) is 0.762. The van der Waals surface area contributed by atoms with Crippen molar-refractivity contribution in [3.05, 3.63) is 60.2 Å². The van der Waals surface area contributed by atoms with E-state index < -0.39 is 33.9 Å². The molecule has 9 nitrogen and oxygen atoms in total. The number of amides is 1. The van der Waals surface area contributed by atoms with Gasteiger partial charge in [0.05, 0.1) is 37.3 Å². The van der Waals surface area contributed by atoms with Gasteiger partial charge < -0.3 is 19.9 Å². The first-order valence-corrected chi connectivity index (χ1v) is 14.9. The topological polar surface area (TPSA) is 114 Å². The van der Waals surface area contributed by atoms with Crippen molar-refractivity contribution in [2.24, 2.45) is 5.92 Å². The number of alkyl carbamates (subject to hydrolysis) is 1. The summed E-state index contributed by atoms with van der Waals surface area (Å²) in [6.07, 6.45) is 3.54. The van der Waals surface area contributed by atoms with Gasteiger partial charge in [0.2, 0.25) is 0 Å². The van der Waals surface area contributed by atoms with Gasteiger partial charge >= 0.3 is 6.09 Å². The van der Waals surface area contributed by atoms with Crippen LogP contribution >= 0.6 is 0 Å². The molecule has 1 aliphatic rings. The highest BCUT2D eigenvalue weighted by Gasteiger charge is 2.33. The molecule has 0 aromatic heterocycles. The maximum absolute atomic E-state index is 13.7. The highest BCUT2D eigenvalue weighted by atomic mass is 32.2. The van der Waals surface area contributed by atoms with E-state index in [0.717, 1.165) is 35.7 Å². The van der Waals surface area contributed by atoms with Gasteiger partial charge in [-0.3, -0.25) is 4.84 Å². The molecule has 0 bridgehead atoms. The summed E-state index contributed by atoms with van der Waals surface area (Å²) in [5.41, 5.74) is 0.129. The summed E-state index contributed by atoms with van der Waals surface area (Å²) < 4.78 is 38.8. The van der Waals surface area contributed by atoms with E-state index in [1.54, 1.807) is 32.9 Å². The maximum atomic E-state index is 13.7. The number of nitrogens with one attached hydrogen (secondary N) is 1. The molecule has 1 saturated carbocycles. The van der Waals surface area contributed by atoms with Crippen LogP contribution in [0, 0.1) is 5.92 Å². The Kier molecular flexibility index (Phi) is 11.2. The summed E-state index contributed by atoms with van der Waals surface area (Å²) in [5, 5.41) is 14.1. The van der Waals surface area contributed by atoms with Crippen molar-refractivity contribution in [3.63, 3.8) is 0 Å². The lowest BCUT2D eigenvalue weighted by Gasteiger charge is -2.31. The Balaban J connectivity index is 1.84. The van der Waals surface area contributed by atoms with Crippen molar-refractivity contribution >= 4 is 16.1 Å². The van der Waals surface area contributed by atoms with Gasteiger partial charge in [-0.1, -0.05) is 54.1 Å². The van der Waals surface area contributed by atoms with Gasteiger partial charge in [0.25, 0.3) is 10.0 Å². The zero-order chi connectivity index (χ0) is 28.5. The number of hydrogen-bond donors (Lipinski definition) is 2. The van der Waals surface area contributed by atoms with E-state index in [-0.39, 0.29) is 30.4 Å². The summed E-state index contributed by atoms with van der Waals surface area (Å²) in [6.45, 7) is 5.09. The lowest BCUT2D eigenvalue weighted by Crippen LogP contribution is -2.51. The molecule has 216 valence electrons. The molecule has 0 heterocycles. The van der Waals surface area contributed by atoms with Gasteiger partial charge in [-0.05, 0) is 75.8 Å². The van der Waals surface area contributed by atoms with Crippen LogP contribution in [0.25, 0.3) is 0 Å². The second-order valence-electron chi connectivity index (χ2n) is 11.0. The first kappa shape index (κ1) is 30.9. The Hall–Kier alpha value is -2.66. The largest absolute Gasteiger partial charge is 0.497 e. The number of methoxy groups -OCH3 is 1. The van der Waals surface area contributed by atoms with E-state index in [1.165, 1.54) is 25.7 Å². The zero-order valence-electron chi connectivity index (χ0n) is 23.3. The van der Waals surface area contributed by atoms with Crippen molar-refractivity contribution < 1.29 is 32.6 Å². The van der Waals surface area contributed by atoms with Crippen LogP contribution in [-0.4, -0.2) is 62.1 Å². The molecule has 1 amide bonds. The number of carbonyl (C=O) groups is 1. The fourth-order valence-electron chi connectivity index (χ4n) is 4.52. The number of aliphatic hydroxyl groups is 1. The van der Waals surface area contributed by atoms with Crippen molar-refractivity contribution in [1.82, 2.24) is 9.79 Å². The zero-order valence-corrected chi connectivity index (χ0v) is 24.2. The highest BCUT2D eigenvalue weighted by Crippen LogP contribution is 2.26. The summed E-state index contributed by atoms with van der Waals surface area (Å²) >= 11 is 0. The molecule has 3 rings (SSSR count). The van der Waals surface area contributed by atoms with E-state index in [2.05, 4.69) is 5.32 Å². The number of hydrogen-bond acceptors (Lipinski definition) is 7. The number of carbonyl (C=O) groups excluding carboxylic acids is 1. The van der Waals surface area contributed by atoms with Crippen molar-refractivity contribution in [1.29, 1.82) is 0 Å². The average molecular weight is 563 g/mol. The quantitative estimate of drug-likeness (QED) is 0.361. The summed E-state index contributed by atoms with van der Waals surface area (Å²) in [7, 11) is -2.63. The first-order valence-electron chi connectivity index (χ1n) is 13.5. The van der Waals surface area contributed by atoms with Gasteiger partial charge in [0.1, 0.15) is 11.4 Å². The van der Waals surface area contributed by atoms with Crippen LogP contribution in [0.4, 0.5) is 4.79 Å². The lowest BCUT2D eigenvalue weighted by molar-refractivity contribution is -0.121. The predicted octanol–water partition coefficient (Wildman–Crippen LogP) is 4.69. The number of aliphatic hydroxyl groups excluding tert-OH is 1. The minimum absolute atomic E-state index is 0.0128. The average Bonchev–Trinajstić information content (AvgIpc) is 2.90. The molecule has 0 saturated heterocycles. The normalized spacial score (nSPS) is 16.5. The van der Waals surface area contributed by atoms with E-state index >= 15 is 0 Å². The van der Waals surface area contributed by atoms with E-state index in [1.807, 2.05) is 30.3 Å². The maximum Gasteiger partial charge on any atom is 0.407 e. The second-order valence-corrected chi connectivity index (χ2v) is 12.8. The smallest absolute Gasteiger partial charge is 0.407 e. The third kappa shape index (κ3) is 9.79. The summed E-state index contributed by atoms with van der Waals surface area (Å²) in [6, 6.07) is 14.5. The molecule has 2 aromatic rings. The molecule has 0 unspecified atom stereocenters. The Morgan fingerprint density at radius 3 is 2.28 bits per heavy atom. The fourth-order valence-corrected chi connectivity index (χ4v) is 5.78. The van der Waals surface area contributed by atoms with Crippen molar-refractivity contribution in [2.45, 2.75) is 81.9 Å². The highest BCUT2D eigenvalue weighted by molar-refractivity contribution is 7.89. The molecule has 1 aliphatic carbocycles. The Morgan fingerprint density at radius 2 is 1.69 bits per heavy atom. The van der Waals surface area contributed by atoms with Crippen LogP contribution in [0.15, 0.2) is 59.5 Å². The van der Waals surface area contributed by atoms with E-state index in [9.17, 15) is 18.3 Å². The lowest BCUT2D eigenvalue weighted by atomic mass is 9.90. The number of hydroxylamine groups is 1. The standard InChI is InChI=1S/C29H42N2O7S/c1-29(2,3)38-28(33)30-26(19-22-11-7-5-8-12-22)27(32)20-31(37-21-23-13-9-6-10-14-23)39(34,35)25-17-15-24(36-4)16-18-25/h5,7-8,11-12,15-18,23,26-27,32H,6,9-10,13-14,19-21H2,1-4H3,(H,30,33)/t26-,27-/m0/s1. The Morgan fingerprint density at radius 1 is 1.05 bits per heavy atom. The number of nitrogens with zero attached hydrogens (tertiary/aromatic N) is 1. The Labute approximate surface area is 232 Å². The minimum Gasteiger partial charge on any atom is -0.497 e. The molecule has 0 radical (unpaired) electrons. The number of sulfonamides is 1.